The molecule has 0 spiro atoms. The quantitative estimate of drug-likeness (QED) is 0.795. The molecule has 2 N–H and O–H groups in total. The highest BCUT2D eigenvalue weighted by atomic mass is 15.2. The van der Waals surface area contributed by atoms with Crippen molar-refractivity contribution in [2.24, 2.45) is 11.7 Å². The molecule has 2 fully saturated rings. The first-order valence-electron chi connectivity index (χ1n) is 7.02. The summed E-state index contributed by atoms with van der Waals surface area (Å²) in [6, 6.07) is 0.852. The summed E-state index contributed by atoms with van der Waals surface area (Å²) in [5, 5.41) is 0. The number of rotatable bonds is 3. The van der Waals surface area contributed by atoms with E-state index < -0.39 is 0 Å². The second-order valence-corrected chi connectivity index (χ2v) is 5.38. The standard InChI is InChI=1S/C14H26N2/c15-10-6-12-16-11-5-4-9-14(16)13-7-2-1-3-8-13/h6,10,13-14H,1-5,7-9,11-12,15H2. The summed E-state index contributed by atoms with van der Waals surface area (Å²) in [6.07, 6.45) is 15.4. The maximum absolute atomic E-state index is 5.46. The highest BCUT2D eigenvalue weighted by molar-refractivity contribution is 4.89. The third-order valence-corrected chi connectivity index (χ3v) is 4.33. The van der Waals surface area contributed by atoms with Gasteiger partial charge in [0.1, 0.15) is 0 Å². The van der Waals surface area contributed by atoms with Gasteiger partial charge in [-0.2, -0.15) is 0 Å². The maximum Gasteiger partial charge on any atom is 0.0183 e. The first-order chi connectivity index (χ1) is 7.92. The summed E-state index contributed by atoms with van der Waals surface area (Å²) < 4.78 is 0. The van der Waals surface area contributed by atoms with Gasteiger partial charge in [0, 0.05) is 12.6 Å². The Bertz CT molecular complexity index is 219. The molecule has 2 rings (SSSR count). The van der Waals surface area contributed by atoms with Crippen molar-refractivity contribution in [3.05, 3.63) is 12.3 Å². The molecule has 0 bridgehead atoms. The first kappa shape index (κ1) is 12.0. The zero-order valence-corrected chi connectivity index (χ0v) is 10.4. The Labute approximate surface area is 99.9 Å². The van der Waals surface area contributed by atoms with Crippen LogP contribution >= 0.6 is 0 Å². The lowest BCUT2D eigenvalue weighted by Gasteiger charge is -2.41. The minimum absolute atomic E-state index is 0.852. The van der Waals surface area contributed by atoms with Gasteiger partial charge in [-0.05, 0) is 44.3 Å². The van der Waals surface area contributed by atoms with E-state index in [1.807, 2.05) is 0 Å². The van der Waals surface area contributed by atoms with Gasteiger partial charge in [-0.15, -0.1) is 0 Å². The lowest BCUT2D eigenvalue weighted by molar-refractivity contribution is 0.0924. The van der Waals surface area contributed by atoms with Gasteiger partial charge in [-0.25, -0.2) is 0 Å². The van der Waals surface area contributed by atoms with Gasteiger partial charge in [0.15, 0.2) is 0 Å². The van der Waals surface area contributed by atoms with Gasteiger partial charge in [-0.3, -0.25) is 4.90 Å². The highest BCUT2D eigenvalue weighted by Crippen LogP contribution is 2.33. The average molecular weight is 222 g/mol. The Balaban J connectivity index is 1.91. The molecular formula is C14H26N2. The maximum atomic E-state index is 5.46. The first-order valence-corrected chi connectivity index (χ1v) is 7.02. The summed E-state index contributed by atoms with van der Waals surface area (Å²) in [6.45, 7) is 2.35. The Morgan fingerprint density at radius 3 is 2.50 bits per heavy atom. The number of hydrogen-bond donors (Lipinski definition) is 1. The fourth-order valence-electron chi connectivity index (χ4n) is 3.49. The van der Waals surface area contributed by atoms with E-state index in [-0.39, 0.29) is 0 Å². The van der Waals surface area contributed by atoms with Crippen molar-refractivity contribution in [3.8, 4) is 0 Å². The van der Waals surface area contributed by atoms with Crippen LogP contribution < -0.4 is 5.73 Å². The molecule has 1 aliphatic heterocycles. The Morgan fingerprint density at radius 1 is 1.00 bits per heavy atom. The lowest BCUT2D eigenvalue weighted by atomic mass is 9.80. The van der Waals surface area contributed by atoms with Crippen molar-refractivity contribution >= 4 is 0 Å². The molecule has 16 heavy (non-hydrogen) atoms. The Hall–Kier alpha value is -0.500. The van der Waals surface area contributed by atoms with Gasteiger partial charge in [0.2, 0.25) is 0 Å². The van der Waals surface area contributed by atoms with Crippen LogP contribution in [0.5, 0.6) is 0 Å². The van der Waals surface area contributed by atoms with Gasteiger partial charge in [0.25, 0.3) is 0 Å². The predicted octanol–water partition coefficient (Wildman–Crippen LogP) is 2.89. The summed E-state index contributed by atoms with van der Waals surface area (Å²) in [4.78, 5) is 2.67. The molecule has 2 nitrogen and oxygen atoms in total. The van der Waals surface area contributed by atoms with Crippen LogP contribution in [0.15, 0.2) is 12.3 Å². The zero-order valence-electron chi connectivity index (χ0n) is 10.4. The lowest BCUT2D eigenvalue weighted by Crippen LogP contribution is -2.44. The average Bonchev–Trinajstić information content (AvgIpc) is 2.38. The van der Waals surface area contributed by atoms with Crippen LogP contribution in [0.2, 0.25) is 0 Å². The van der Waals surface area contributed by atoms with E-state index in [4.69, 9.17) is 5.73 Å². The molecule has 0 aromatic rings. The molecule has 0 aromatic heterocycles. The molecule has 1 unspecified atom stereocenters. The van der Waals surface area contributed by atoms with Gasteiger partial charge in [0.05, 0.1) is 0 Å². The van der Waals surface area contributed by atoms with Crippen molar-refractivity contribution in [1.82, 2.24) is 4.90 Å². The van der Waals surface area contributed by atoms with E-state index in [1.165, 1.54) is 57.9 Å². The third-order valence-electron chi connectivity index (χ3n) is 4.33. The second kappa shape index (κ2) is 6.29. The molecule has 1 aliphatic carbocycles. The molecule has 0 aromatic carbocycles. The summed E-state index contributed by atoms with van der Waals surface area (Å²) in [5.74, 6) is 0.972. The number of likely N-dealkylation sites (tertiary alicyclic amines) is 1. The van der Waals surface area contributed by atoms with Crippen molar-refractivity contribution in [2.45, 2.75) is 57.4 Å². The number of nitrogens with zero attached hydrogens (tertiary/aromatic N) is 1. The minimum atomic E-state index is 0.852. The van der Waals surface area contributed by atoms with Crippen LogP contribution in [-0.4, -0.2) is 24.0 Å². The van der Waals surface area contributed by atoms with Crippen LogP contribution in [0.1, 0.15) is 51.4 Å². The van der Waals surface area contributed by atoms with Gasteiger partial charge >= 0.3 is 0 Å². The largest absolute Gasteiger partial charge is 0.405 e. The molecule has 2 aliphatic rings. The molecule has 1 saturated carbocycles. The van der Waals surface area contributed by atoms with E-state index in [0.717, 1.165) is 18.5 Å². The van der Waals surface area contributed by atoms with E-state index in [9.17, 15) is 0 Å². The minimum Gasteiger partial charge on any atom is -0.405 e. The Kier molecular flexibility index (Phi) is 4.70. The SMILES string of the molecule is NC=CCN1CCCCC1C1CCCCC1. The van der Waals surface area contributed by atoms with Crippen LogP contribution in [0.25, 0.3) is 0 Å². The monoisotopic (exact) mass is 222 g/mol. The molecule has 0 radical (unpaired) electrons. The van der Waals surface area contributed by atoms with Crippen molar-refractivity contribution < 1.29 is 0 Å². The Morgan fingerprint density at radius 2 is 1.75 bits per heavy atom. The van der Waals surface area contributed by atoms with Crippen LogP contribution in [-0.2, 0) is 0 Å². The van der Waals surface area contributed by atoms with E-state index in [2.05, 4.69) is 11.0 Å². The van der Waals surface area contributed by atoms with Crippen molar-refractivity contribution in [1.29, 1.82) is 0 Å². The molecule has 2 heteroatoms. The van der Waals surface area contributed by atoms with E-state index in [0.29, 0.717) is 0 Å². The number of nitrogens with two attached hydrogens (primary N) is 1. The molecule has 1 atom stereocenters. The highest BCUT2D eigenvalue weighted by Gasteiger charge is 2.29. The molecule has 92 valence electrons. The third kappa shape index (κ3) is 3.00. The van der Waals surface area contributed by atoms with Crippen LogP contribution in [0.3, 0.4) is 0 Å². The van der Waals surface area contributed by atoms with Crippen molar-refractivity contribution in [2.75, 3.05) is 13.1 Å². The smallest absolute Gasteiger partial charge is 0.0183 e. The van der Waals surface area contributed by atoms with Crippen LogP contribution in [0, 0.1) is 5.92 Å². The topological polar surface area (TPSA) is 29.3 Å². The molecule has 0 amide bonds. The van der Waals surface area contributed by atoms with Gasteiger partial charge < -0.3 is 5.73 Å². The summed E-state index contributed by atoms with van der Waals surface area (Å²) in [7, 11) is 0. The molecule has 1 heterocycles. The fourth-order valence-corrected chi connectivity index (χ4v) is 3.49. The summed E-state index contributed by atoms with van der Waals surface area (Å²) >= 11 is 0. The number of hydrogen-bond acceptors (Lipinski definition) is 2. The van der Waals surface area contributed by atoms with E-state index in [1.54, 1.807) is 6.20 Å². The van der Waals surface area contributed by atoms with Gasteiger partial charge in [-0.1, -0.05) is 31.8 Å². The molecular weight excluding hydrogens is 196 g/mol. The fraction of sp³-hybridized carbons (Fsp3) is 0.857. The second-order valence-electron chi connectivity index (χ2n) is 5.38. The summed E-state index contributed by atoms with van der Waals surface area (Å²) in [5.41, 5.74) is 5.46. The molecule has 1 saturated heterocycles. The number of piperidine rings is 1. The zero-order chi connectivity index (χ0) is 11.2. The van der Waals surface area contributed by atoms with E-state index >= 15 is 0 Å². The van der Waals surface area contributed by atoms with Crippen LogP contribution in [0.4, 0.5) is 0 Å². The predicted molar refractivity (Wildman–Crippen MR) is 69.1 cm³/mol. The van der Waals surface area contributed by atoms with Crippen molar-refractivity contribution in [3.63, 3.8) is 0 Å². The normalized spacial score (nSPS) is 29.9.